The van der Waals surface area contributed by atoms with Gasteiger partial charge in [0.25, 0.3) is 0 Å². The highest BCUT2D eigenvalue weighted by molar-refractivity contribution is 5.85. The van der Waals surface area contributed by atoms with Gasteiger partial charge in [-0.25, -0.2) is 0 Å². The largest absolute Gasteiger partial charge is 0.324 e. The summed E-state index contributed by atoms with van der Waals surface area (Å²) in [4.78, 5) is 0. The fourth-order valence-electron chi connectivity index (χ4n) is 2.10. The van der Waals surface area contributed by atoms with Crippen molar-refractivity contribution in [3.05, 3.63) is 29.5 Å². The molecule has 0 bridgehead atoms. The van der Waals surface area contributed by atoms with Crippen LogP contribution in [-0.4, -0.2) is 10.2 Å². The molecule has 0 saturated carbocycles. The van der Waals surface area contributed by atoms with E-state index in [4.69, 9.17) is 5.73 Å². The van der Waals surface area contributed by atoms with Gasteiger partial charge in [0.15, 0.2) is 0 Å². The normalized spacial score (nSPS) is 13.6. The number of hydrogen-bond acceptors (Lipinski definition) is 2. The molecule has 0 aliphatic heterocycles. The van der Waals surface area contributed by atoms with E-state index in [-0.39, 0.29) is 6.04 Å². The van der Waals surface area contributed by atoms with E-state index in [2.05, 4.69) is 30.1 Å². The molecule has 1 heterocycles. The van der Waals surface area contributed by atoms with Crippen LogP contribution in [0.15, 0.2) is 18.2 Å². The van der Waals surface area contributed by atoms with E-state index in [9.17, 15) is 0 Å². The molecule has 16 heavy (non-hydrogen) atoms. The lowest BCUT2D eigenvalue weighted by atomic mass is 9.98. The summed E-state index contributed by atoms with van der Waals surface area (Å²) in [5, 5.41) is 8.68. The van der Waals surface area contributed by atoms with E-state index < -0.39 is 0 Å². The molecule has 0 spiro atoms. The quantitative estimate of drug-likeness (QED) is 0.830. The molecule has 1 atom stereocenters. The summed E-state index contributed by atoms with van der Waals surface area (Å²) in [6.45, 7) is 6.43. The first-order valence-electron chi connectivity index (χ1n) is 5.81. The summed E-state index contributed by atoms with van der Waals surface area (Å²) in [5.74, 6) is 0.616. The number of aromatic amines is 1. The second-order valence-electron chi connectivity index (χ2n) is 4.83. The first kappa shape index (κ1) is 11.1. The average molecular weight is 217 g/mol. The van der Waals surface area contributed by atoms with Crippen molar-refractivity contribution in [2.24, 2.45) is 11.7 Å². The number of nitrogens with zero attached hydrogens (tertiary/aromatic N) is 1. The van der Waals surface area contributed by atoms with Crippen LogP contribution in [0.2, 0.25) is 0 Å². The van der Waals surface area contributed by atoms with E-state index in [0.29, 0.717) is 5.92 Å². The van der Waals surface area contributed by atoms with Crippen LogP contribution in [0.1, 0.15) is 38.1 Å². The van der Waals surface area contributed by atoms with Gasteiger partial charge in [0.2, 0.25) is 0 Å². The van der Waals surface area contributed by atoms with E-state index in [1.807, 2.05) is 19.1 Å². The second kappa shape index (κ2) is 4.26. The molecular formula is C13H19N3. The van der Waals surface area contributed by atoms with E-state index in [0.717, 1.165) is 11.9 Å². The van der Waals surface area contributed by atoms with Crippen molar-refractivity contribution in [1.29, 1.82) is 0 Å². The molecule has 1 unspecified atom stereocenters. The van der Waals surface area contributed by atoms with Crippen LogP contribution in [0, 0.1) is 5.92 Å². The molecule has 0 saturated heterocycles. The average Bonchev–Trinajstić information content (AvgIpc) is 2.60. The Morgan fingerprint density at radius 1 is 1.31 bits per heavy atom. The summed E-state index contributed by atoms with van der Waals surface area (Å²) in [7, 11) is 0. The van der Waals surface area contributed by atoms with E-state index >= 15 is 0 Å². The fraction of sp³-hybridized carbons (Fsp3) is 0.462. The Morgan fingerprint density at radius 3 is 2.69 bits per heavy atom. The molecule has 1 aromatic carbocycles. The summed E-state index contributed by atoms with van der Waals surface area (Å²) in [6, 6.07) is 6.18. The molecule has 0 aliphatic carbocycles. The highest BCUT2D eigenvalue weighted by atomic mass is 15.1. The summed E-state index contributed by atoms with van der Waals surface area (Å²) in [6.07, 6.45) is 1.01. The molecule has 3 nitrogen and oxygen atoms in total. The number of nitrogens with two attached hydrogens (primary N) is 1. The van der Waals surface area contributed by atoms with Gasteiger partial charge in [-0.05, 0) is 30.9 Å². The summed E-state index contributed by atoms with van der Waals surface area (Å²) >= 11 is 0. The Labute approximate surface area is 96.0 Å². The SMILES string of the molecule is CC(C)Cc1[nH]nc2cccc(C(C)N)c12. The number of rotatable bonds is 3. The molecule has 0 fully saturated rings. The Morgan fingerprint density at radius 2 is 2.06 bits per heavy atom. The van der Waals surface area contributed by atoms with Crippen LogP contribution in [0.25, 0.3) is 10.9 Å². The zero-order valence-corrected chi connectivity index (χ0v) is 10.1. The van der Waals surface area contributed by atoms with Gasteiger partial charge in [-0.2, -0.15) is 5.10 Å². The van der Waals surface area contributed by atoms with Gasteiger partial charge >= 0.3 is 0 Å². The topological polar surface area (TPSA) is 54.7 Å². The van der Waals surface area contributed by atoms with Crippen LogP contribution < -0.4 is 5.73 Å². The maximum Gasteiger partial charge on any atom is 0.0927 e. The third-order valence-corrected chi connectivity index (χ3v) is 2.79. The first-order chi connectivity index (χ1) is 7.59. The zero-order valence-electron chi connectivity index (χ0n) is 10.1. The van der Waals surface area contributed by atoms with Gasteiger partial charge in [-0.1, -0.05) is 26.0 Å². The van der Waals surface area contributed by atoms with Gasteiger partial charge in [-0.15, -0.1) is 0 Å². The number of fused-ring (bicyclic) bond motifs is 1. The minimum absolute atomic E-state index is 0.0483. The third-order valence-electron chi connectivity index (χ3n) is 2.79. The van der Waals surface area contributed by atoms with Crippen molar-refractivity contribution in [2.45, 2.75) is 33.2 Å². The van der Waals surface area contributed by atoms with Crippen molar-refractivity contribution in [1.82, 2.24) is 10.2 Å². The van der Waals surface area contributed by atoms with Crippen molar-refractivity contribution in [3.63, 3.8) is 0 Å². The van der Waals surface area contributed by atoms with Crippen molar-refractivity contribution >= 4 is 10.9 Å². The molecule has 2 aromatic rings. The van der Waals surface area contributed by atoms with Crippen LogP contribution >= 0.6 is 0 Å². The van der Waals surface area contributed by atoms with Crippen molar-refractivity contribution < 1.29 is 0 Å². The van der Waals surface area contributed by atoms with Crippen molar-refractivity contribution in [2.75, 3.05) is 0 Å². The van der Waals surface area contributed by atoms with E-state index in [1.165, 1.54) is 16.6 Å². The standard InChI is InChI=1S/C13H19N3/c1-8(2)7-12-13-10(9(3)14)5-4-6-11(13)15-16-12/h4-6,8-9H,7,14H2,1-3H3,(H,15,16). The maximum absolute atomic E-state index is 6.00. The third kappa shape index (κ3) is 1.95. The zero-order chi connectivity index (χ0) is 11.7. The molecule has 3 N–H and O–H groups in total. The lowest BCUT2D eigenvalue weighted by molar-refractivity contribution is 0.635. The molecular weight excluding hydrogens is 198 g/mol. The molecule has 0 amide bonds. The number of aromatic nitrogens is 2. The van der Waals surface area contributed by atoms with Gasteiger partial charge < -0.3 is 5.73 Å². The number of nitrogens with one attached hydrogen (secondary N) is 1. The van der Waals surface area contributed by atoms with Gasteiger partial charge in [0.1, 0.15) is 0 Å². The molecule has 0 aliphatic rings. The molecule has 3 heteroatoms. The van der Waals surface area contributed by atoms with Gasteiger partial charge in [0, 0.05) is 17.1 Å². The van der Waals surface area contributed by atoms with Crippen molar-refractivity contribution in [3.8, 4) is 0 Å². The number of H-pyrrole nitrogens is 1. The van der Waals surface area contributed by atoms with Crippen LogP contribution in [0.3, 0.4) is 0 Å². The lowest BCUT2D eigenvalue weighted by Gasteiger charge is -2.09. The van der Waals surface area contributed by atoms with Crippen LogP contribution in [0.5, 0.6) is 0 Å². The minimum atomic E-state index is 0.0483. The summed E-state index contributed by atoms with van der Waals surface area (Å²) < 4.78 is 0. The van der Waals surface area contributed by atoms with E-state index in [1.54, 1.807) is 0 Å². The lowest BCUT2D eigenvalue weighted by Crippen LogP contribution is -2.06. The van der Waals surface area contributed by atoms with Crippen LogP contribution in [-0.2, 0) is 6.42 Å². The Kier molecular flexibility index (Phi) is 2.97. The van der Waals surface area contributed by atoms with Gasteiger partial charge in [0.05, 0.1) is 5.52 Å². The highest BCUT2D eigenvalue weighted by Crippen LogP contribution is 2.26. The number of hydrogen-bond donors (Lipinski definition) is 2. The Hall–Kier alpha value is -1.35. The Balaban J connectivity index is 2.58. The minimum Gasteiger partial charge on any atom is -0.324 e. The second-order valence-corrected chi connectivity index (χ2v) is 4.83. The maximum atomic E-state index is 6.00. The summed E-state index contributed by atoms with van der Waals surface area (Å²) in [5.41, 5.74) is 9.40. The monoisotopic (exact) mass is 217 g/mol. The first-order valence-corrected chi connectivity index (χ1v) is 5.81. The Bertz CT molecular complexity index is 483. The predicted molar refractivity (Wildman–Crippen MR) is 67.2 cm³/mol. The van der Waals surface area contributed by atoms with Crippen LogP contribution in [0.4, 0.5) is 0 Å². The molecule has 86 valence electrons. The molecule has 2 rings (SSSR count). The molecule has 0 radical (unpaired) electrons. The smallest absolute Gasteiger partial charge is 0.0927 e. The highest BCUT2D eigenvalue weighted by Gasteiger charge is 2.12. The van der Waals surface area contributed by atoms with Gasteiger partial charge in [-0.3, -0.25) is 5.10 Å². The fourth-order valence-corrected chi connectivity index (χ4v) is 2.10. The predicted octanol–water partition coefficient (Wildman–Crippen LogP) is 2.78. The molecule has 1 aromatic heterocycles. The number of benzene rings is 1.